The number of pyridine rings is 1. The van der Waals surface area contributed by atoms with Crippen LogP contribution in [0.5, 0.6) is 0 Å². The molecule has 0 atom stereocenters. The molecule has 0 unspecified atom stereocenters. The first kappa shape index (κ1) is 17.0. The Morgan fingerprint density at radius 3 is 2.16 bits per heavy atom. The first-order chi connectivity index (χ1) is 12.0. The van der Waals surface area contributed by atoms with E-state index in [4.69, 9.17) is 4.55 Å². The molecule has 0 bridgehead atoms. The fraction of sp³-hybridized carbons (Fsp3) is 0.0526. The summed E-state index contributed by atoms with van der Waals surface area (Å²) in [5, 5.41) is 0. The van der Waals surface area contributed by atoms with Crippen LogP contribution >= 0.6 is 0 Å². The van der Waals surface area contributed by atoms with Gasteiger partial charge in [-0.2, -0.15) is 8.42 Å². The number of rotatable bonds is 5. The van der Waals surface area contributed by atoms with Gasteiger partial charge >= 0.3 is 0 Å². The minimum absolute atomic E-state index is 0.145. The van der Waals surface area contributed by atoms with Gasteiger partial charge in [-0.05, 0) is 24.3 Å². The van der Waals surface area contributed by atoms with Gasteiger partial charge in [0.1, 0.15) is 0 Å². The van der Waals surface area contributed by atoms with Gasteiger partial charge in [0.25, 0.3) is 10.1 Å². The number of aromatic nitrogens is 1. The molecule has 3 rings (SSSR count). The molecule has 2 aromatic carbocycles. The fourth-order valence-corrected chi connectivity index (χ4v) is 2.79. The number of nitrogens with zero attached hydrogens (tertiary/aromatic N) is 2. The standard InChI is InChI=1S/C19H16N2O3S/c22-25(23,24)19-8-6-18(7-9-19)20-14-16-10-12-21(13-11-16)15-17-4-2-1-3-5-17/h1-14H,15H2/p+1. The summed E-state index contributed by atoms with van der Waals surface area (Å²) in [6.45, 7) is 0.801. The van der Waals surface area contributed by atoms with E-state index < -0.39 is 10.1 Å². The van der Waals surface area contributed by atoms with Crippen molar-refractivity contribution < 1.29 is 17.5 Å². The minimum atomic E-state index is -4.17. The van der Waals surface area contributed by atoms with Gasteiger partial charge in [0.2, 0.25) is 0 Å². The van der Waals surface area contributed by atoms with Crippen molar-refractivity contribution in [2.45, 2.75) is 11.4 Å². The molecular weight excluding hydrogens is 336 g/mol. The molecule has 25 heavy (non-hydrogen) atoms. The average Bonchev–Trinajstić information content (AvgIpc) is 2.62. The molecule has 0 aliphatic heterocycles. The van der Waals surface area contributed by atoms with E-state index in [-0.39, 0.29) is 4.90 Å². The Bertz CT molecular complexity index is 965. The van der Waals surface area contributed by atoms with E-state index in [0.29, 0.717) is 5.69 Å². The fourth-order valence-electron chi connectivity index (χ4n) is 2.31. The van der Waals surface area contributed by atoms with Crippen molar-refractivity contribution >= 4 is 22.0 Å². The first-order valence-electron chi connectivity index (χ1n) is 7.65. The van der Waals surface area contributed by atoms with Crippen molar-refractivity contribution in [3.63, 3.8) is 0 Å². The third kappa shape index (κ3) is 4.82. The molecular formula is C19H17N2O3S+. The molecule has 0 aliphatic rings. The molecule has 3 aromatic rings. The lowest BCUT2D eigenvalue weighted by Crippen LogP contribution is -2.33. The molecule has 0 aliphatic carbocycles. The maximum Gasteiger partial charge on any atom is 0.294 e. The minimum Gasteiger partial charge on any atom is -0.282 e. The SMILES string of the molecule is O=S(=O)(O)c1ccc(N=Cc2cc[n+](Cc3ccccc3)cc2)cc1. The zero-order valence-electron chi connectivity index (χ0n) is 13.4. The molecule has 5 nitrogen and oxygen atoms in total. The van der Waals surface area contributed by atoms with Crippen molar-refractivity contribution in [2.24, 2.45) is 4.99 Å². The summed E-state index contributed by atoms with van der Waals surface area (Å²) in [6, 6.07) is 19.8. The molecule has 0 spiro atoms. The van der Waals surface area contributed by atoms with E-state index >= 15 is 0 Å². The van der Waals surface area contributed by atoms with Crippen LogP contribution < -0.4 is 4.57 Å². The van der Waals surface area contributed by atoms with Gasteiger partial charge in [-0.1, -0.05) is 30.3 Å². The molecule has 0 amide bonds. The second kappa shape index (κ2) is 7.38. The quantitative estimate of drug-likeness (QED) is 0.435. The number of aliphatic imine (C=N–C) groups is 1. The van der Waals surface area contributed by atoms with Crippen LogP contribution in [-0.2, 0) is 16.7 Å². The van der Waals surface area contributed by atoms with Gasteiger partial charge in [0, 0.05) is 29.5 Å². The molecule has 0 fully saturated rings. The highest BCUT2D eigenvalue weighted by Gasteiger charge is 2.08. The lowest BCUT2D eigenvalue weighted by molar-refractivity contribution is -0.688. The van der Waals surface area contributed by atoms with E-state index in [9.17, 15) is 8.42 Å². The molecule has 126 valence electrons. The number of hydrogen-bond donors (Lipinski definition) is 1. The summed E-state index contributed by atoms with van der Waals surface area (Å²) in [4.78, 5) is 4.16. The second-order valence-corrected chi connectivity index (χ2v) is 6.94. The zero-order chi connectivity index (χ0) is 17.7. The van der Waals surface area contributed by atoms with Gasteiger partial charge in [-0.3, -0.25) is 9.55 Å². The smallest absolute Gasteiger partial charge is 0.282 e. The predicted octanol–water partition coefficient (Wildman–Crippen LogP) is 3.02. The van der Waals surface area contributed by atoms with Crippen LogP contribution in [0.1, 0.15) is 11.1 Å². The zero-order valence-corrected chi connectivity index (χ0v) is 14.2. The highest BCUT2D eigenvalue weighted by molar-refractivity contribution is 7.85. The lowest BCUT2D eigenvalue weighted by Gasteiger charge is -1.99. The maximum atomic E-state index is 11.0. The highest BCUT2D eigenvalue weighted by Crippen LogP contribution is 2.16. The number of hydrogen-bond acceptors (Lipinski definition) is 3. The van der Waals surface area contributed by atoms with Crippen molar-refractivity contribution in [1.82, 2.24) is 0 Å². The predicted molar refractivity (Wildman–Crippen MR) is 95.7 cm³/mol. The van der Waals surface area contributed by atoms with Crippen molar-refractivity contribution in [1.29, 1.82) is 0 Å². The molecule has 1 N–H and O–H groups in total. The van der Waals surface area contributed by atoms with Crippen LogP contribution in [0.3, 0.4) is 0 Å². The van der Waals surface area contributed by atoms with Crippen molar-refractivity contribution in [3.8, 4) is 0 Å². The third-order valence-corrected chi connectivity index (χ3v) is 4.49. The summed E-state index contributed by atoms with van der Waals surface area (Å²) in [5.74, 6) is 0. The highest BCUT2D eigenvalue weighted by atomic mass is 32.2. The first-order valence-corrected chi connectivity index (χ1v) is 9.09. The molecule has 6 heteroatoms. The Morgan fingerprint density at radius 2 is 1.56 bits per heavy atom. The lowest BCUT2D eigenvalue weighted by atomic mass is 10.2. The Hall–Kier alpha value is -2.83. The second-order valence-electron chi connectivity index (χ2n) is 5.52. The summed E-state index contributed by atoms with van der Waals surface area (Å²) in [6.07, 6.45) is 5.67. The Balaban J connectivity index is 1.67. The molecule has 0 saturated carbocycles. The molecule has 1 heterocycles. The van der Waals surface area contributed by atoms with Crippen molar-refractivity contribution in [2.75, 3.05) is 0 Å². The molecule has 0 saturated heterocycles. The normalized spacial score (nSPS) is 11.7. The number of benzene rings is 2. The van der Waals surface area contributed by atoms with Gasteiger partial charge in [-0.25, -0.2) is 4.57 Å². The van der Waals surface area contributed by atoms with E-state index in [1.165, 1.54) is 29.8 Å². The Kier molecular flexibility index (Phi) is 5.02. The summed E-state index contributed by atoms with van der Waals surface area (Å²) in [7, 11) is -4.17. The van der Waals surface area contributed by atoms with E-state index in [1.54, 1.807) is 6.21 Å². The summed E-state index contributed by atoms with van der Waals surface area (Å²) < 4.78 is 33.0. The average molecular weight is 353 g/mol. The summed E-state index contributed by atoms with van der Waals surface area (Å²) in [5.41, 5.74) is 2.77. The van der Waals surface area contributed by atoms with E-state index in [0.717, 1.165) is 12.1 Å². The summed E-state index contributed by atoms with van der Waals surface area (Å²) >= 11 is 0. The van der Waals surface area contributed by atoms with Crippen molar-refractivity contribution in [3.05, 3.63) is 90.3 Å². The van der Waals surface area contributed by atoms with Crippen LogP contribution in [0.4, 0.5) is 5.69 Å². The molecule has 0 radical (unpaired) electrons. The van der Waals surface area contributed by atoms with E-state index in [2.05, 4.69) is 21.7 Å². The monoisotopic (exact) mass is 353 g/mol. The third-order valence-electron chi connectivity index (χ3n) is 3.62. The van der Waals surface area contributed by atoms with Crippen LogP contribution in [0.15, 0.2) is 89.0 Å². The topological polar surface area (TPSA) is 70.6 Å². The van der Waals surface area contributed by atoms with Crippen LogP contribution in [-0.4, -0.2) is 19.2 Å². The largest absolute Gasteiger partial charge is 0.294 e. The van der Waals surface area contributed by atoms with Crippen LogP contribution in [0.2, 0.25) is 0 Å². The maximum absolute atomic E-state index is 11.0. The Labute approximate surface area is 146 Å². The van der Waals surface area contributed by atoms with Gasteiger partial charge in [-0.15, -0.1) is 0 Å². The van der Waals surface area contributed by atoms with Gasteiger partial charge in [0.15, 0.2) is 18.9 Å². The van der Waals surface area contributed by atoms with E-state index in [1.807, 2.05) is 42.7 Å². The van der Waals surface area contributed by atoms with Gasteiger partial charge in [0.05, 0.1) is 10.6 Å². The molecule has 1 aromatic heterocycles. The van der Waals surface area contributed by atoms with Crippen LogP contribution in [0.25, 0.3) is 0 Å². The van der Waals surface area contributed by atoms with Crippen LogP contribution in [0, 0.1) is 0 Å². The Morgan fingerprint density at radius 1 is 0.920 bits per heavy atom. The van der Waals surface area contributed by atoms with Gasteiger partial charge < -0.3 is 0 Å².